The number of anilines is 2. The normalized spacial score (nSPS) is 14.3. The monoisotopic (exact) mass is 535 g/mol. The fraction of sp³-hybridized carbons (Fsp3) is 0.235. The van der Waals surface area contributed by atoms with Crippen LogP contribution in [0.1, 0.15) is 12.5 Å². The molecule has 0 aromatic heterocycles. The Hall–Kier alpha value is -3.11. The number of amides is 1. The van der Waals surface area contributed by atoms with Crippen molar-refractivity contribution in [3.05, 3.63) is 57.1 Å². The Morgan fingerprint density at radius 2 is 1.68 bits per heavy atom. The van der Waals surface area contributed by atoms with E-state index < -0.39 is 71.4 Å². The Morgan fingerprint density at radius 3 is 2.15 bits per heavy atom. The molecule has 0 aliphatic rings. The molecular weight excluding hydrogens is 524 g/mol. The van der Waals surface area contributed by atoms with Gasteiger partial charge in [-0.25, -0.2) is 8.42 Å². The maximum absolute atomic E-state index is 12.9. The standard InChI is InChI=1S/C17H12ClF6N3O6S/c1-15(29,17(22,23)24)14(28)25-12-5-3-9(7-11(12)18)34(32,33)26-8-2-4-10(16(19,20)21)13(6-8)27(30)31/h2-7,26,29H,1H3,(H,25,28)/t15-/m1/s1. The first kappa shape index (κ1) is 27.1. The number of halogens is 7. The van der Waals surface area contributed by atoms with E-state index in [1.807, 2.05) is 0 Å². The molecule has 17 heteroatoms. The Kier molecular flexibility index (Phi) is 7.12. The first-order valence-electron chi connectivity index (χ1n) is 8.56. The molecule has 0 bridgehead atoms. The maximum atomic E-state index is 12.9. The number of nitrogens with one attached hydrogen (secondary N) is 2. The van der Waals surface area contributed by atoms with E-state index in [2.05, 4.69) is 0 Å². The van der Waals surface area contributed by atoms with E-state index in [4.69, 9.17) is 11.6 Å². The molecule has 0 aliphatic carbocycles. The lowest BCUT2D eigenvalue weighted by atomic mass is 10.1. The molecule has 0 spiro atoms. The minimum Gasteiger partial charge on any atom is -0.373 e. The second-order valence-corrected chi connectivity index (χ2v) is 8.85. The smallest absolute Gasteiger partial charge is 0.373 e. The Bertz CT molecular complexity index is 1250. The summed E-state index contributed by atoms with van der Waals surface area (Å²) in [6.07, 6.45) is -10.4. The predicted molar refractivity (Wildman–Crippen MR) is 106 cm³/mol. The number of rotatable bonds is 6. The molecule has 0 saturated heterocycles. The number of alkyl halides is 6. The van der Waals surface area contributed by atoms with Crippen molar-refractivity contribution in [3.63, 3.8) is 0 Å². The van der Waals surface area contributed by atoms with Crippen LogP contribution in [0.15, 0.2) is 41.3 Å². The number of hydrogen-bond acceptors (Lipinski definition) is 6. The number of hydrogen-bond donors (Lipinski definition) is 3. The zero-order chi connectivity index (χ0) is 26.3. The molecule has 0 heterocycles. The third-order valence-corrected chi connectivity index (χ3v) is 5.94. The third-order valence-electron chi connectivity index (χ3n) is 4.25. The van der Waals surface area contributed by atoms with Crippen LogP contribution >= 0.6 is 11.6 Å². The Balaban J connectivity index is 2.34. The van der Waals surface area contributed by atoms with Crippen LogP contribution in [0.2, 0.25) is 5.02 Å². The van der Waals surface area contributed by atoms with Crippen LogP contribution in [0, 0.1) is 10.1 Å². The molecule has 0 aliphatic heterocycles. The quantitative estimate of drug-likeness (QED) is 0.286. The van der Waals surface area contributed by atoms with Crippen LogP contribution in [0.25, 0.3) is 0 Å². The summed E-state index contributed by atoms with van der Waals surface area (Å²) in [4.78, 5) is 20.7. The summed E-state index contributed by atoms with van der Waals surface area (Å²) in [6.45, 7) is 0.183. The van der Waals surface area contributed by atoms with Crippen molar-refractivity contribution >= 4 is 44.6 Å². The molecule has 0 unspecified atom stereocenters. The molecule has 2 rings (SSSR count). The fourth-order valence-corrected chi connectivity index (χ4v) is 3.70. The second kappa shape index (κ2) is 8.92. The lowest BCUT2D eigenvalue weighted by molar-refractivity contribution is -0.388. The van der Waals surface area contributed by atoms with Crippen LogP contribution in [0.3, 0.4) is 0 Å². The zero-order valence-electron chi connectivity index (χ0n) is 16.5. The Morgan fingerprint density at radius 1 is 1.09 bits per heavy atom. The topological polar surface area (TPSA) is 139 Å². The molecule has 186 valence electrons. The average molecular weight is 536 g/mol. The molecule has 9 nitrogen and oxygen atoms in total. The van der Waals surface area contributed by atoms with Crippen molar-refractivity contribution in [3.8, 4) is 0 Å². The van der Waals surface area contributed by atoms with Gasteiger partial charge in [-0.3, -0.25) is 19.6 Å². The van der Waals surface area contributed by atoms with E-state index in [1.165, 1.54) is 0 Å². The van der Waals surface area contributed by atoms with Gasteiger partial charge < -0.3 is 10.4 Å². The van der Waals surface area contributed by atoms with Gasteiger partial charge in [0.25, 0.3) is 21.6 Å². The fourth-order valence-electron chi connectivity index (χ4n) is 2.34. The number of sulfonamides is 1. The van der Waals surface area contributed by atoms with Gasteiger partial charge in [0.15, 0.2) is 0 Å². The Labute approximate surface area is 191 Å². The number of aliphatic hydroxyl groups is 1. The van der Waals surface area contributed by atoms with Gasteiger partial charge in [-0.05, 0) is 37.3 Å². The summed E-state index contributed by atoms with van der Waals surface area (Å²) >= 11 is 5.80. The van der Waals surface area contributed by atoms with Crippen LogP contribution in [0.5, 0.6) is 0 Å². The number of benzene rings is 2. The van der Waals surface area contributed by atoms with Crippen LogP contribution < -0.4 is 10.0 Å². The summed E-state index contributed by atoms with van der Waals surface area (Å²) in [6, 6.07) is 3.51. The largest absolute Gasteiger partial charge is 0.426 e. The molecule has 1 atom stereocenters. The maximum Gasteiger partial charge on any atom is 0.426 e. The molecule has 3 N–H and O–H groups in total. The van der Waals surface area contributed by atoms with Crippen molar-refractivity contribution in [2.45, 2.75) is 29.8 Å². The highest BCUT2D eigenvalue weighted by molar-refractivity contribution is 7.92. The highest BCUT2D eigenvalue weighted by atomic mass is 35.5. The molecule has 2 aromatic rings. The van der Waals surface area contributed by atoms with Gasteiger partial charge in [0, 0.05) is 6.07 Å². The molecule has 0 saturated carbocycles. The zero-order valence-corrected chi connectivity index (χ0v) is 18.0. The number of nitro benzene ring substituents is 1. The highest BCUT2D eigenvalue weighted by Gasteiger charge is 2.55. The third kappa shape index (κ3) is 5.68. The first-order valence-corrected chi connectivity index (χ1v) is 10.4. The van der Waals surface area contributed by atoms with E-state index in [0.29, 0.717) is 24.3 Å². The van der Waals surface area contributed by atoms with Gasteiger partial charge in [0.2, 0.25) is 5.60 Å². The minimum absolute atomic E-state index is 0.183. The average Bonchev–Trinajstić information content (AvgIpc) is 2.67. The van der Waals surface area contributed by atoms with Crippen molar-refractivity contribution in [1.82, 2.24) is 0 Å². The SMILES string of the molecule is C[C@@](O)(C(=O)Nc1ccc(S(=O)(=O)Nc2ccc(C(F)(F)F)c([N+](=O)[O-])c2)cc1Cl)C(F)(F)F. The molecular formula is C17H12ClF6N3O6S. The van der Waals surface area contributed by atoms with E-state index in [-0.39, 0.29) is 6.92 Å². The number of nitro groups is 1. The van der Waals surface area contributed by atoms with Gasteiger partial charge in [0.05, 0.1) is 26.2 Å². The van der Waals surface area contributed by atoms with Crippen LogP contribution in [-0.2, 0) is 21.0 Å². The number of nitrogens with zero attached hydrogens (tertiary/aromatic N) is 1. The van der Waals surface area contributed by atoms with Crippen molar-refractivity contribution in [1.29, 1.82) is 0 Å². The summed E-state index contributed by atoms with van der Waals surface area (Å²) in [5, 5.41) is 21.4. The van der Waals surface area contributed by atoms with E-state index >= 15 is 0 Å². The molecule has 1 amide bonds. The molecule has 0 fully saturated rings. The van der Waals surface area contributed by atoms with Gasteiger partial charge in [-0.2, -0.15) is 26.3 Å². The van der Waals surface area contributed by atoms with Crippen molar-refractivity contribution < 1.29 is 49.6 Å². The van der Waals surface area contributed by atoms with Crippen molar-refractivity contribution in [2.24, 2.45) is 0 Å². The predicted octanol–water partition coefficient (Wildman–Crippen LogP) is 4.32. The van der Waals surface area contributed by atoms with Gasteiger partial charge in [0.1, 0.15) is 5.56 Å². The summed E-state index contributed by atoms with van der Waals surface area (Å²) in [5.41, 5.74) is -7.92. The minimum atomic E-state index is -5.33. The molecule has 0 radical (unpaired) electrons. The van der Waals surface area contributed by atoms with Crippen LogP contribution in [0.4, 0.5) is 43.4 Å². The second-order valence-electron chi connectivity index (χ2n) is 6.76. The van der Waals surface area contributed by atoms with Crippen molar-refractivity contribution in [2.75, 3.05) is 10.0 Å². The van der Waals surface area contributed by atoms with E-state index in [9.17, 15) is 54.8 Å². The molecule has 2 aromatic carbocycles. The van der Waals surface area contributed by atoms with E-state index in [0.717, 1.165) is 12.1 Å². The summed E-state index contributed by atoms with van der Waals surface area (Å²) < 4.78 is 104. The highest BCUT2D eigenvalue weighted by Crippen LogP contribution is 2.38. The summed E-state index contributed by atoms with van der Waals surface area (Å²) in [7, 11) is -4.60. The van der Waals surface area contributed by atoms with Gasteiger partial charge >= 0.3 is 12.4 Å². The lowest BCUT2D eigenvalue weighted by Gasteiger charge is -2.25. The lowest BCUT2D eigenvalue weighted by Crippen LogP contribution is -2.52. The van der Waals surface area contributed by atoms with Gasteiger partial charge in [-0.1, -0.05) is 11.6 Å². The number of carbonyl (C=O) groups excluding carboxylic acids is 1. The van der Waals surface area contributed by atoms with E-state index in [1.54, 1.807) is 10.0 Å². The first-order chi connectivity index (χ1) is 15.3. The van der Waals surface area contributed by atoms with Gasteiger partial charge in [-0.15, -0.1) is 0 Å². The number of carbonyl (C=O) groups is 1. The molecule has 34 heavy (non-hydrogen) atoms. The van der Waals surface area contributed by atoms with Crippen LogP contribution in [-0.4, -0.2) is 36.1 Å². The summed E-state index contributed by atoms with van der Waals surface area (Å²) in [5.74, 6) is -1.91.